The third-order valence-electron chi connectivity index (χ3n) is 16.3. The minimum absolute atomic E-state index is 0.0905. The number of hydrogen-bond donors (Lipinski definition) is 0. The molecule has 8 atom stereocenters. The van der Waals surface area contributed by atoms with Crippen molar-refractivity contribution in [3.05, 3.63) is 164 Å². The van der Waals surface area contributed by atoms with Crippen LogP contribution in [0.3, 0.4) is 0 Å². The van der Waals surface area contributed by atoms with Gasteiger partial charge in [0.2, 0.25) is 0 Å². The van der Waals surface area contributed by atoms with E-state index >= 15 is 0 Å². The van der Waals surface area contributed by atoms with E-state index in [0.717, 1.165) is 34.0 Å². The molecule has 0 heterocycles. The highest BCUT2D eigenvalue weighted by Gasteiger charge is 2.85. The first-order chi connectivity index (χ1) is 23.6. The van der Waals surface area contributed by atoms with E-state index in [-0.39, 0.29) is 43.8 Å². The molecule has 8 rings (SSSR count). The zero-order valence-corrected chi connectivity index (χ0v) is 32.4. The van der Waals surface area contributed by atoms with Gasteiger partial charge in [0.1, 0.15) is 0 Å². The molecule has 2 aromatic rings. The van der Waals surface area contributed by atoms with Crippen LogP contribution in [-0.4, -0.2) is 0 Å². The molecule has 0 N–H and O–H groups in total. The first-order valence-corrected chi connectivity index (χ1v) is 19.1. The lowest BCUT2D eigenvalue weighted by molar-refractivity contribution is -0.263. The van der Waals surface area contributed by atoms with Crippen LogP contribution in [-0.2, 0) is 0 Å². The van der Waals surface area contributed by atoms with Gasteiger partial charge in [0.15, 0.2) is 0 Å². The maximum Gasteiger partial charge on any atom is 0.0411 e. The SMILES string of the molecule is CC1=C(C2=CC=CC2)C(=Cc2cccc(Cl)c2)C(=Cc2cccc(Cl)c2)C2CC3(C)C4(C)C=CC=CC4(C)C4(C)C=CC=CC4(C)C3(C)C12C. The molecule has 0 bridgehead atoms. The molecular formula is C48H50Cl2. The van der Waals surface area contributed by atoms with Gasteiger partial charge in [-0.25, -0.2) is 0 Å². The zero-order chi connectivity index (χ0) is 35.5. The van der Waals surface area contributed by atoms with E-state index in [1.54, 1.807) is 0 Å². The third-order valence-corrected chi connectivity index (χ3v) is 16.8. The second kappa shape index (κ2) is 10.8. The molecule has 2 saturated carbocycles. The van der Waals surface area contributed by atoms with E-state index in [2.05, 4.69) is 171 Å². The Kier molecular flexibility index (Phi) is 7.33. The summed E-state index contributed by atoms with van der Waals surface area (Å²) in [6.45, 7) is 20.8. The Morgan fingerprint density at radius 1 is 0.660 bits per heavy atom. The minimum atomic E-state index is -0.193. The lowest BCUT2D eigenvalue weighted by Gasteiger charge is -2.79. The van der Waals surface area contributed by atoms with Gasteiger partial charge in [0.25, 0.3) is 0 Å². The normalized spacial score (nSPS) is 42.5. The van der Waals surface area contributed by atoms with Gasteiger partial charge in [-0.1, -0.05) is 174 Å². The van der Waals surface area contributed by atoms with E-state index in [0.29, 0.717) is 0 Å². The molecule has 8 unspecified atom stereocenters. The third kappa shape index (κ3) is 3.80. The molecule has 6 aliphatic rings. The minimum Gasteiger partial charge on any atom is -0.0843 e. The lowest BCUT2D eigenvalue weighted by atomic mass is 9.23. The molecule has 0 amide bonds. The number of hydrogen-bond acceptors (Lipinski definition) is 0. The summed E-state index contributed by atoms with van der Waals surface area (Å²) in [6.07, 6.45) is 33.4. The van der Waals surface area contributed by atoms with Crippen molar-refractivity contribution in [1.82, 2.24) is 0 Å². The van der Waals surface area contributed by atoms with Crippen LogP contribution >= 0.6 is 23.2 Å². The second-order valence-corrected chi connectivity index (χ2v) is 18.1. The molecule has 0 radical (unpaired) electrons. The Morgan fingerprint density at radius 3 is 1.76 bits per heavy atom. The highest BCUT2D eigenvalue weighted by Crippen LogP contribution is 2.90. The molecule has 50 heavy (non-hydrogen) atoms. The molecule has 0 nitrogen and oxygen atoms in total. The lowest BCUT2D eigenvalue weighted by Crippen LogP contribution is -2.75. The summed E-state index contributed by atoms with van der Waals surface area (Å²) < 4.78 is 0. The van der Waals surface area contributed by atoms with Crippen molar-refractivity contribution in [2.45, 2.75) is 68.2 Å². The fraction of sp³-hybridized carbons (Fsp3) is 0.375. The quantitative estimate of drug-likeness (QED) is 0.300. The summed E-state index contributed by atoms with van der Waals surface area (Å²) >= 11 is 13.3. The molecule has 2 aromatic carbocycles. The highest BCUT2D eigenvalue weighted by atomic mass is 35.5. The second-order valence-electron chi connectivity index (χ2n) is 17.3. The first-order valence-electron chi connectivity index (χ1n) is 18.4. The molecule has 256 valence electrons. The standard InChI is InChI=1S/C48H50Cl2/c1-32-41(35-19-9-10-20-35)39(30-34-18-16-22-37(50)28-34)38(29-33-17-15-21-36(49)27-33)40-31-46(6)44(4)25-12-11-23-42(44,2)43(3)24-13-14-26-45(43,5)48(46,8)47(32,40)7/h9-19,21-30,40H,20,31H2,1-8H3. The Balaban J connectivity index is 1.52. The Hall–Kier alpha value is -3.32. The highest BCUT2D eigenvalue weighted by molar-refractivity contribution is 6.31. The van der Waals surface area contributed by atoms with Crippen molar-refractivity contribution in [1.29, 1.82) is 0 Å². The van der Waals surface area contributed by atoms with Gasteiger partial charge in [-0.15, -0.1) is 0 Å². The summed E-state index contributed by atoms with van der Waals surface area (Å²) in [4.78, 5) is 0. The van der Waals surface area contributed by atoms with Gasteiger partial charge >= 0.3 is 0 Å². The number of fused-ring (bicyclic) bond motifs is 8. The van der Waals surface area contributed by atoms with Crippen LogP contribution in [0.4, 0.5) is 0 Å². The molecular weight excluding hydrogens is 647 g/mol. The van der Waals surface area contributed by atoms with Crippen molar-refractivity contribution in [3.8, 4) is 0 Å². The van der Waals surface area contributed by atoms with Gasteiger partial charge in [-0.2, -0.15) is 0 Å². The van der Waals surface area contributed by atoms with E-state index in [1.165, 1.54) is 27.9 Å². The Morgan fingerprint density at radius 2 is 1.20 bits per heavy atom. The van der Waals surface area contributed by atoms with Crippen LogP contribution in [0.5, 0.6) is 0 Å². The average Bonchev–Trinajstić information content (AvgIpc) is 3.67. The fourth-order valence-corrected chi connectivity index (χ4v) is 13.3. The number of allylic oxidation sites excluding steroid dienone is 16. The molecule has 0 aromatic heterocycles. The van der Waals surface area contributed by atoms with Gasteiger partial charge in [-0.3, -0.25) is 0 Å². The van der Waals surface area contributed by atoms with Crippen LogP contribution in [0.25, 0.3) is 12.2 Å². The summed E-state index contributed by atoms with van der Waals surface area (Å²) in [5.74, 6) is 0.250. The molecule has 2 fully saturated rings. The van der Waals surface area contributed by atoms with E-state index in [1.807, 2.05) is 12.1 Å². The zero-order valence-electron chi connectivity index (χ0n) is 30.9. The molecule has 2 heteroatoms. The fourth-order valence-electron chi connectivity index (χ4n) is 12.9. The average molecular weight is 698 g/mol. The van der Waals surface area contributed by atoms with Crippen LogP contribution in [0.2, 0.25) is 10.0 Å². The smallest absolute Gasteiger partial charge is 0.0411 e. The Bertz CT molecular complexity index is 2110. The summed E-state index contributed by atoms with van der Waals surface area (Å²) in [5.41, 5.74) is 8.29. The van der Waals surface area contributed by atoms with Gasteiger partial charge in [0, 0.05) is 37.1 Å². The maximum absolute atomic E-state index is 6.69. The summed E-state index contributed by atoms with van der Waals surface area (Å²) in [7, 11) is 0. The summed E-state index contributed by atoms with van der Waals surface area (Å²) in [6, 6.07) is 16.7. The topological polar surface area (TPSA) is 0 Å². The van der Waals surface area contributed by atoms with Crippen molar-refractivity contribution < 1.29 is 0 Å². The predicted octanol–water partition coefficient (Wildman–Crippen LogP) is 14.0. The van der Waals surface area contributed by atoms with Crippen molar-refractivity contribution in [3.63, 3.8) is 0 Å². The predicted molar refractivity (Wildman–Crippen MR) is 215 cm³/mol. The van der Waals surface area contributed by atoms with Crippen LogP contribution in [0, 0.1) is 43.8 Å². The molecule has 0 aliphatic heterocycles. The van der Waals surface area contributed by atoms with Crippen LogP contribution in [0.15, 0.2) is 143 Å². The van der Waals surface area contributed by atoms with Crippen LogP contribution < -0.4 is 0 Å². The largest absolute Gasteiger partial charge is 0.0843 e. The molecule has 0 saturated heterocycles. The van der Waals surface area contributed by atoms with Crippen molar-refractivity contribution >= 4 is 35.4 Å². The number of halogens is 2. The summed E-state index contributed by atoms with van der Waals surface area (Å²) in [5, 5.41) is 1.52. The number of benzene rings is 2. The van der Waals surface area contributed by atoms with E-state index in [9.17, 15) is 0 Å². The molecule has 6 aliphatic carbocycles. The van der Waals surface area contributed by atoms with E-state index < -0.39 is 0 Å². The van der Waals surface area contributed by atoms with E-state index in [4.69, 9.17) is 23.2 Å². The molecule has 0 spiro atoms. The van der Waals surface area contributed by atoms with Gasteiger partial charge < -0.3 is 0 Å². The van der Waals surface area contributed by atoms with Gasteiger partial charge in [0.05, 0.1) is 0 Å². The maximum atomic E-state index is 6.69. The van der Waals surface area contributed by atoms with Crippen molar-refractivity contribution in [2.75, 3.05) is 0 Å². The van der Waals surface area contributed by atoms with Crippen molar-refractivity contribution in [2.24, 2.45) is 43.8 Å². The monoisotopic (exact) mass is 696 g/mol. The van der Waals surface area contributed by atoms with Crippen LogP contribution in [0.1, 0.15) is 79.4 Å². The number of rotatable bonds is 3. The Labute approximate surface area is 310 Å². The van der Waals surface area contributed by atoms with Gasteiger partial charge in [-0.05, 0) is 100 Å². The first kappa shape index (κ1) is 33.8.